The topological polar surface area (TPSA) is 41.6 Å². The van der Waals surface area contributed by atoms with Crippen LogP contribution < -0.4 is 5.32 Å². The molecule has 1 heterocycles. The van der Waals surface area contributed by atoms with Crippen LogP contribution in [0.1, 0.15) is 35.3 Å². The molecule has 1 fully saturated rings. The van der Waals surface area contributed by atoms with E-state index in [4.69, 9.17) is 16.3 Å². The average molecular weight is 373 g/mol. The Morgan fingerprint density at radius 3 is 2.42 bits per heavy atom. The second kappa shape index (κ2) is 8.21. The van der Waals surface area contributed by atoms with Gasteiger partial charge in [-0.2, -0.15) is 0 Å². The van der Waals surface area contributed by atoms with Crippen LogP contribution in [0.25, 0.3) is 0 Å². The van der Waals surface area contributed by atoms with Gasteiger partial charge in [0.15, 0.2) is 0 Å². The number of carbonyl (C=O) groups excluding carboxylic acids is 1. The first-order valence-corrected chi connectivity index (χ1v) is 9.33. The average Bonchev–Trinajstić information content (AvgIpc) is 2.57. The van der Waals surface area contributed by atoms with Gasteiger partial charge in [-0.05, 0) is 62.2 Å². The van der Waals surface area contributed by atoms with Crippen LogP contribution in [0, 0.1) is 6.92 Å². The molecule has 1 N–H and O–H groups in total. The van der Waals surface area contributed by atoms with Crippen LogP contribution in [0.4, 0.5) is 5.69 Å². The number of halogens is 1. The summed E-state index contributed by atoms with van der Waals surface area (Å²) in [6, 6.07) is 13.2. The summed E-state index contributed by atoms with van der Waals surface area (Å²) in [5.74, 6) is -0.115. The molecule has 3 rings (SSSR count). The van der Waals surface area contributed by atoms with Crippen molar-refractivity contribution in [1.29, 1.82) is 0 Å². The summed E-state index contributed by atoms with van der Waals surface area (Å²) >= 11 is 5.96. The Morgan fingerprint density at radius 2 is 1.81 bits per heavy atom. The Bertz CT molecular complexity index is 766. The van der Waals surface area contributed by atoms with E-state index in [1.807, 2.05) is 43.3 Å². The molecule has 2 unspecified atom stereocenters. The molecule has 0 radical (unpaired) electrons. The highest BCUT2D eigenvalue weighted by Crippen LogP contribution is 2.21. The monoisotopic (exact) mass is 372 g/mol. The van der Waals surface area contributed by atoms with E-state index in [0.29, 0.717) is 10.6 Å². The predicted molar refractivity (Wildman–Crippen MR) is 106 cm³/mol. The van der Waals surface area contributed by atoms with Gasteiger partial charge in [-0.25, -0.2) is 0 Å². The number of hydrogen-bond acceptors (Lipinski definition) is 3. The van der Waals surface area contributed by atoms with Gasteiger partial charge >= 0.3 is 0 Å². The molecule has 1 saturated heterocycles. The molecule has 1 aliphatic rings. The number of rotatable bonds is 4. The van der Waals surface area contributed by atoms with Crippen LogP contribution in [0.3, 0.4) is 0 Å². The first-order valence-electron chi connectivity index (χ1n) is 8.95. The SMILES string of the molecule is Cc1cc(Cl)ccc1NC(=O)c1ccc(CN2CC(C)OC(C)C2)cc1. The second-order valence-corrected chi connectivity index (χ2v) is 7.50. The lowest BCUT2D eigenvalue weighted by Crippen LogP contribution is -2.44. The lowest BCUT2D eigenvalue weighted by atomic mass is 10.1. The van der Waals surface area contributed by atoms with Gasteiger partial charge < -0.3 is 10.1 Å². The third-order valence-electron chi connectivity index (χ3n) is 4.55. The fourth-order valence-corrected chi connectivity index (χ4v) is 3.62. The summed E-state index contributed by atoms with van der Waals surface area (Å²) in [6.45, 7) is 8.87. The Labute approximate surface area is 160 Å². The Morgan fingerprint density at radius 1 is 1.15 bits per heavy atom. The standard InChI is InChI=1S/C21H25ClN2O2/c1-14-10-19(22)8-9-20(14)23-21(25)18-6-4-17(5-7-18)13-24-11-15(2)26-16(3)12-24/h4-10,15-16H,11-13H2,1-3H3,(H,23,25). The summed E-state index contributed by atoms with van der Waals surface area (Å²) in [5, 5.41) is 3.61. The molecule has 26 heavy (non-hydrogen) atoms. The molecule has 1 amide bonds. The zero-order valence-corrected chi connectivity index (χ0v) is 16.2. The number of anilines is 1. The third kappa shape index (κ3) is 4.85. The first-order chi connectivity index (χ1) is 12.4. The number of benzene rings is 2. The summed E-state index contributed by atoms with van der Waals surface area (Å²) in [5.41, 5.74) is 3.56. The summed E-state index contributed by atoms with van der Waals surface area (Å²) in [6.07, 6.45) is 0.512. The van der Waals surface area contributed by atoms with E-state index in [9.17, 15) is 4.79 Å². The highest BCUT2D eigenvalue weighted by Gasteiger charge is 2.22. The number of nitrogens with zero attached hydrogens (tertiary/aromatic N) is 1. The van der Waals surface area contributed by atoms with Gasteiger partial charge in [-0.15, -0.1) is 0 Å². The molecule has 2 atom stereocenters. The molecular formula is C21H25ClN2O2. The zero-order valence-electron chi connectivity index (χ0n) is 15.5. The minimum absolute atomic E-state index is 0.115. The number of amides is 1. The van der Waals surface area contributed by atoms with E-state index in [1.54, 1.807) is 6.07 Å². The van der Waals surface area contributed by atoms with Gasteiger partial charge in [0.2, 0.25) is 0 Å². The van der Waals surface area contributed by atoms with Gasteiger partial charge in [0, 0.05) is 35.9 Å². The molecule has 0 aromatic heterocycles. The van der Waals surface area contributed by atoms with Crippen LogP contribution in [-0.2, 0) is 11.3 Å². The third-order valence-corrected chi connectivity index (χ3v) is 4.79. The van der Waals surface area contributed by atoms with Crippen molar-refractivity contribution in [2.45, 2.75) is 39.5 Å². The van der Waals surface area contributed by atoms with E-state index < -0.39 is 0 Å². The maximum absolute atomic E-state index is 12.5. The molecule has 5 heteroatoms. The molecule has 2 aromatic carbocycles. The maximum atomic E-state index is 12.5. The number of carbonyl (C=O) groups is 1. The van der Waals surface area contributed by atoms with Crippen molar-refractivity contribution in [2.24, 2.45) is 0 Å². The van der Waals surface area contributed by atoms with Crippen molar-refractivity contribution in [3.8, 4) is 0 Å². The van der Waals surface area contributed by atoms with Crippen LogP contribution >= 0.6 is 11.6 Å². The van der Waals surface area contributed by atoms with Crippen molar-refractivity contribution in [1.82, 2.24) is 4.90 Å². The lowest BCUT2D eigenvalue weighted by Gasteiger charge is -2.35. The number of nitrogens with one attached hydrogen (secondary N) is 1. The van der Waals surface area contributed by atoms with Crippen molar-refractivity contribution in [3.63, 3.8) is 0 Å². The summed E-state index contributed by atoms with van der Waals surface area (Å²) < 4.78 is 5.78. The second-order valence-electron chi connectivity index (χ2n) is 7.06. The molecule has 138 valence electrons. The molecule has 0 spiro atoms. The van der Waals surface area contributed by atoms with E-state index >= 15 is 0 Å². The normalized spacial score (nSPS) is 20.8. The highest BCUT2D eigenvalue weighted by atomic mass is 35.5. The zero-order chi connectivity index (χ0) is 18.7. The van der Waals surface area contributed by atoms with Crippen LogP contribution in [0.5, 0.6) is 0 Å². The molecule has 1 aliphatic heterocycles. The van der Waals surface area contributed by atoms with Gasteiger partial charge in [-0.3, -0.25) is 9.69 Å². The van der Waals surface area contributed by atoms with Crippen LogP contribution in [0.2, 0.25) is 5.02 Å². The highest BCUT2D eigenvalue weighted by molar-refractivity contribution is 6.30. The molecule has 0 bridgehead atoms. The minimum atomic E-state index is -0.115. The number of ether oxygens (including phenoxy) is 1. The van der Waals surface area contributed by atoms with Crippen molar-refractivity contribution < 1.29 is 9.53 Å². The number of morpholine rings is 1. The minimum Gasteiger partial charge on any atom is -0.373 e. The molecule has 4 nitrogen and oxygen atoms in total. The van der Waals surface area contributed by atoms with Crippen molar-refractivity contribution >= 4 is 23.2 Å². The lowest BCUT2D eigenvalue weighted by molar-refractivity contribution is -0.0704. The molecule has 2 aromatic rings. The van der Waals surface area contributed by atoms with Crippen LogP contribution in [0.15, 0.2) is 42.5 Å². The smallest absolute Gasteiger partial charge is 0.255 e. The van der Waals surface area contributed by atoms with Gasteiger partial charge in [0.1, 0.15) is 0 Å². The molecular weight excluding hydrogens is 348 g/mol. The maximum Gasteiger partial charge on any atom is 0.255 e. The largest absolute Gasteiger partial charge is 0.373 e. The molecule has 0 saturated carbocycles. The van der Waals surface area contributed by atoms with E-state index in [-0.39, 0.29) is 18.1 Å². The van der Waals surface area contributed by atoms with E-state index in [1.165, 1.54) is 5.56 Å². The fourth-order valence-electron chi connectivity index (χ4n) is 3.40. The van der Waals surface area contributed by atoms with Gasteiger partial charge in [0.05, 0.1) is 12.2 Å². The Kier molecular flexibility index (Phi) is 5.97. The van der Waals surface area contributed by atoms with E-state index in [0.717, 1.165) is 30.9 Å². The number of hydrogen-bond donors (Lipinski definition) is 1. The summed E-state index contributed by atoms with van der Waals surface area (Å²) in [4.78, 5) is 14.9. The van der Waals surface area contributed by atoms with E-state index in [2.05, 4.69) is 24.1 Å². The summed E-state index contributed by atoms with van der Waals surface area (Å²) in [7, 11) is 0. The van der Waals surface area contributed by atoms with Gasteiger partial charge in [-0.1, -0.05) is 23.7 Å². The predicted octanol–water partition coefficient (Wildman–Crippen LogP) is 4.51. The first kappa shape index (κ1) is 18.9. The Hall–Kier alpha value is -1.88. The fraction of sp³-hybridized carbons (Fsp3) is 0.381. The number of aryl methyl sites for hydroxylation is 1. The quantitative estimate of drug-likeness (QED) is 0.858. The van der Waals surface area contributed by atoms with Crippen molar-refractivity contribution in [3.05, 3.63) is 64.2 Å². The van der Waals surface area contributed by atoms with Crippen LogP contribution in [-0.4, -0.2) is 36.1 Å². The molecule has 0 aliphatic carbocycles. The Balaban J connectivity index is 1.62. The van der Waals surface area contributed by atoms with Gasteiger partial charge in [0.25, 0.3) is 5.91 Å². The van der Waals surface area contributed by atoms with Crippen molar-refractivity contribution in [2.75, 3.05) is 18.4 Å².